The lowest BCUT2D eigenvalue weighted by molar-refractivity contribution is -0.140. The number of Topliss-reactive ketones (excluding diaryl/α,β-unsaturated/α-hetero) is 1. The molecule has 0 bridgehead atoms. The van der Waals surface area contributed by atoms with Crippen molar-refractivity contribution < 1.29 is 14.4 Å². The van der Waals surface area contributed by atoms with E-state index in [0.29, 0.717) is 13.1 Å². The second kappa shape index (κ2) is 7.89. The average Bonchev–Trinajstić information content (AvgIpc) is 2.67. The number of likely N-dealkylation sites (tertiary alicyclic amines) is 1. The van der Waals surface area contributed by atoms with Gasteiger partial charge in [-0.1, -0.05) is 0 Å². The second-order valence-corrected chi connectivity index (χ2v) is 7.20. The van der Waals surface area contributed by atoms with Crippen LogP contribution < -0.4 is 4.90 Å². The van der Waals surface area contributed by atoms with Crippen LogP contribution in [0.1, 0.15) is 37.0 Å². The molecule has 1 aromatic rings. The van der Waals surface area contributed by atoms with Crippen LogP contribution in [0.3, 0.4) is 0 Å². The maximum atomic E-state index is 12.8. The Morgan fingerprint density at radius 2 is 1.38 bits per heavy atom. The minimum absolute atomic E-state index is 0.0481. The van der Waals surface area contributed by atoms with Gasteiger partial charge in [0, 0.05) is 63.4 Å². The van der Waals surface area contributed by atoms with Gasteiger partial charge in [0.2, 0.25) is 11.8 Å². The highest BCUT2D eigenvalue weighted by molar-refractivity contribution is 5.94. The molecule has 0 atom stereocenters. The molecular formula is C20H27N3O3. The standard InChI is InChI=1S/C20H27N3O3/c1-15(24)17-3-5-19(6-4-17)22-11-13-23(14-12-22)20(26)18-7-9-21(10-8-18)16(2)25/h3-6,18H,7-14H2,1-2H3. The van der Waals surface area contributed by atoms with Crippen molar-refractivity contribution in [3.8, 4) is 0 Å². The Labute approximate surface area is 154 Å². The highest BCUT2D eigenvalue weighted by Crippen LogP contribution is 2.22. The lowest BCUT2D eigenvalue weighted by Gasteiger charge is -2.39. The summed E-state index contributed by atoms with van der Waals surface area (Å²) >= 11 is 0. The molecule has 0 aliphatic carbocycles. The summed E-state index contributed by atoms with van der Waals surface area (Å²) in [6, 6.07) is 7.67. The summed E-state index contributed by atoms with van der Waals surface area (Å²) in [4.78, 5) is 41.6. The van der Waals surface area contributed by atoms with Crippen LogP contribution in [0.25, 0.3) is 0 Å². The number of carbonyl (C=O) groups excluding carboxylic acids is 3. The molecule has 0 saturated carbocycles. The molecule has 0 aromatic heterocycles. The summed E-state index contributed by atoms with van der Waals surface area (Å²) in [7, 11) is 0. The van der Waals surface area contributed by atoms with Crippen molar-refractivity contribution in [1.82, 2.24) is 9.80 Å². The van der Waals surface area contributed by atoms with E-state index in [0.717, 1.165) is 50.3 Å². The van der Waals surface area contributed by atoms with Crippen LogP contribution in [0.5, 0.6) is 0 Å². The Morgan fingerprint density at radius 3 is 1.88 bits per heavy atom. The van der Waals surface area contributed by atoms with Crippen molar-refractivity contribution >= 4 is 23.3 Å². The van der Waals surface area contributed by atoms with E-state index < -0.39 is 0 Å². The molecule has 3 rings (SSSR count). The van der Waals surface area contributed by atoms with Gasteiger partial charge in [-0.05, 0) is 44.0 Å². The first-order valence-electron chi connectivity index (χ1n) is 9.36. The molecule has 0 spiro atoms. The van der Waals surface area contributed by atoms with E-state index in [1.165, 1.54) is 0 Å². The average molecular weight is 357 g/mol. The summed E-state index contributed by atoms with van der Waals surface area (Å²) in [5.41, 5.74) is 1.82. The van der Waals surface area contributed by atoms with E-state index in [1.807, 2.05) is 34.1 Å². The van der Waals surface area contributed by atoms with Crippen molar-refractivity contribution in [2.45, 2.75) is 26.7 Å². The molecule has 2 saturated heterocycles. The van der Waals surface area contributed by atoms with Crippen molar-refractivity contribution in [1.29, 1.82) is 0 Å². The normalized spacial score (nSPS) is 18.8. The number of piperidine rings is 1. The Balaban J connectivity index is 1.51. The zero-order valence-electron chi connectivity index (χ0n) is 15.6. The fraction of sp³-hybridized carbons (Fsp3) is 0.550. The highest BCUT2D eigenvalue weighted by Gasteiger charge is 2.31. The van der Waals surface area contributed by atoms with Gasteiger partial charge in [0.15, 0.2) is 5.78 Å². The summed E-state index contributed by atoms with van der Waals surface area (Å²) < 4.78 is 0. The van der Waals surface area contributed by atoms with Gasteiger partial charge in [0.05, 0.1) is 0 Å². The molecule has 6 heteroatoms. The molecule has 2 heterocycles. The molecule has 6 nitrogen and oxygen atoms in total. The Hall–Kier alpha value is -2.37. The first kappa shape index (κ1) is 18.4. The summed E-state index contributed by atoms with van der Waals surface area (Å²) in [6.45, 7) is 7.59. The van der Waals surface area contributed by atoms with E-state index in [1.54, 1.807) is 13.8 Å². The van der Waals surface area contributed by atoms with E-state index in [2.05, 4.69) is 4.90 Å². The van der Waals surface area contributed by atoms with E-state index >= 15 is 0 Å². The van der Waals surface area contributed by atoms with Gasteiger partial charge in [-0.2, -0.15) is 0 Å². The van der Waals surface area contributed by atoms with Gasteiger partial charge in [0.25, 0.3) is 0 Å². The molecule has 0 radical (unpaired) electrons. The van der Waals surface area contributed by atoms with E-state index in [-0.39, 0.29) is 23.5 Å². The zero-order valence-corrected chi connectivity index (χ0v) is 15.6. The fourth-order valence-corrected chi connectivity index (χ4v) is 3.79. The third kappa shape index (κ3) is 4.06. The maximum Gasteiger partial charge on any atom is 0.225 e. The molecular weight excluding hydrogens is 330 g/mol. The molecule has 140 valence electrons. The van der Waals surface area contributed by atoms with Crippen molar-refractivity contribution in [3.05, 3.63) is 29.8 Å². The summed E-state index contributed by atoms with van der Waals surface area (Å²) in [5.74, 6) is 0.454. The number of nitrogens with zero attached hydrogens (tertiary/aromatic N) is 3. The third-order valence-electron chi connectivity index (χ3n) is 5.52. The number of ketones is 1. The van der Waals surface area contributed by atoms with Gasteiger partial charge < -0.3 is 14.7 Å². The molecule has 1 aromatic carbocycles. The van der Waals surface area contributed by atoms with Crippen LogP contribution in [-0.4, -0.2) is 66.7 Å². The number of rotatable bonds is 3. The minimum atomic E-state index is 0.0481. The number of piperazine rings is 1. The predicted molar refractivity (Wildman–Crippen MR) is 100 cm³/mol. The number of amides is 2. The van der Waals surface area contributed by atoms with E-state index in [9.17, 15) is 14.4 Å². The topological polar surface area (TPSA) is 60.9 Å². The largest absolute Gasteiger partial charge is 0.368 e. The van der Waals surface area contributed by atoms with Crippen molar-refractivity contribution in [2.24, 2.45) is 5.92 Å². The molecule has 2 aliphatic heterocycles. The Bertz CT molecular complexity index is 670. The second-order valence-electron chi connectivity index (χ2n) is 7.20. The highest BCUT2D eigenvalue weighted by atomic mass is 16.2. The number of carbonyl (C=O) groups is 3. The monoisotopic (exact) mass is 357 g/mol. The SMILES string of the molecule is CC(=O)c1ccc(N2CCN(C(=O)C3CCN(C(C)=O)CC3)CC2)cc1. The molecule has 2 amide bonds. The predicted octanol–water partition coefficient (Wildman–Crippen LogP) is 1.80. The first-order chi connectivity index (χ1) is 12.5. The molecule has 2 aliphatic rings. The quantitative estimate of drug-likeness (QED) is 0.774. The number of anilines is 1. The number of hydrogen-bond acceptors (Lipinski definition) is 4. The molecule has 0 N–H and O–H groups in total. The van der Waals surface area contributed by atoms with Crippen LogP contribution in [0.4, 0.5) is 5.69 Å². The van der Waals surface area contributed by atoms with Gasteiger partial charge in [0.1, 0.15) is 0 Å². The first-order valence-corrected chi connectivity index (χ1v) is 9.36. The molecule has 0 unspecified atom stereocenters. The Kier molecular flexibility index (Phi) is 5.59. The van der Waals surface area contributed by atoms with Crippen LogP contribution in [0.15, 0.2) is 24.3 Å². The minimum Gasteiger partial charge on any atom is -0.368 e. The van der Waals surface area contributed by atoms with Gasteiger partial charge in [-0.3, -0.25) is 14.4 Å². The van der Waals surface area contributed by atoms with Gasteiger partial charge in [-0.25, -0.2) is 0 Å². The van der Waals surface area contributed by atoms with Crippen LogP contribution in [0, 0.1) is 5.92 Å². The lowest BCUT2D eigenvalue weighted by Crippen LogP contribution is -2.52. The zero-order chi connectivity index (χ0) is 18.7. The summed E-state index contributed by atoms with van der Waals surface area (Å²) in [6.07, 6.45) is 1.54. The summed E-state index contributed by atoms with van der Waals surface area (Å²) in [5, 5.41) is 0. The lowest BCUT2D eigenvalue weighted by atomic mass is 9.95. The van der Waals surface area contributed by atoms with Gasteiger partial charge >= 0.3 is 0 Å². The smallest absolute Gasteiger partial charge is 0.225 e. The Morgan fingerprint density at radius 1 is 0.808 bits per heavy atom. The molecule has 26 heavy (non-hydrogen) atoms. The number of benzene rings is 1. The molecule has 2 fully saturated rings. The van der Waals surface area contributed by atoms with E-state index in [4.69, 9.17) is 0 Å². The third-order valence-corrected chi connectivity index (χ3v) is 5.52. The fourth-order valence-electron chi connectivity index (χ4n) is 3.79. The number of hydrogen-bond donors (Lipinski definition) is 0. The van der Waals surface area contributed by atoms with Crippen LogP contribution >= 0.6 is 0 Å². The van der Waals surface area contributed by atoms with Crippen molar-refractivity contribution in [2.75, 3.05) is 44.2 Å². The van der Waals surface area contributed by atoms with Crippen molar-refractivity contribution in [3.63, 3.8) is 0 Å². The van der Waals surface area contributed by atoms with Crippen LogP contribution in [0.2, 0.25) is 0 Å². The van der Waals surface area contributed by atoms with Crippen LogP contribution in [-0.2, 0) is 9.59 Å². The van der Waals surface area contributed by atoms with Gasteiger partial charge in [-0.15, -0.1) is 0 Å². The maximum absolute atomic E-state index is 12.8.